The molecule has 0 aliphatic heterocycles. The third kappa shape index (κ3) is 6.93. The molecule has 0 saturated heterocycles. The van der Waals surface area contributed by atoms with Crippen molar-refractivity contribution in [3.05, 3.63) is 12.2 Å². The predicted molar refractivity (Wildman–Crippen MR) is 89.2 cm³/mol. The lowest BCUT2D eigenvalue weighted by Gasteiger charge is -2.46. The van der Waals surface area contributed by atoms with Gasteiger partial charge in [-0.05, 0) is 19.3 Å². The third-order valence-corrected chi connectivity index (χ3v) is 4.29. The van der Waals surface area contributed by atoms with Gasteiger partial charge in [0.25, 0.3) is 0 Å². The van der Waals surface area contributed by atoms with Crippen molar-refractivity contribution in [1.82, 2.24) is 0 Å². The summed E-state index contributed by atoms with van der Waals surface area (Å²) in [4.78, 5) is 11.6. The smallest absolute Gasteiger partial charge is 0.129 e. The van der Waals surface area contributed by atoms with Crippen LogP contribution in [0.4, 0.5) is 0 Å². The minimum absolute atomic E-state index is 0.422. The average Bonchev–Trinajstić information content (AvgIpc) is 2.44. The normalized spacial score (nSPS) is 15.1. The monoisotopic (exact) mass is 313 g/mol. The first kappa shape index (κ1) is 21.1. The van der Waals surface area contributed by atoms with Gasteiger partial charge in [0, 0.05) is 6.42 Å². The second-order valence-electron chi connectivity index (χ2n) is 6.23. The van der Waals surface area contributed by atoms with Crippen LogP contribution in [0.25, 0.3) is 0 Å². The summed E-state index contributed by atoms with van der Waals surface area (Å²) in [5.74, 6) is -0.994. The fraction of sp³-hybridized carbons (Fsp3) is 0.833. The second kappa shape index (κ2) is 11.7. The number of carbonyl (C=O) groups is 1. The Kier molecular flexibility index (Phi) is 11.2. The van der Waals surface area contributed by atoms with Crippen LogP contribution in [0.15, 0.2) is 12.2 Å². The van der Waals surface area contributed by atoms with E-state index >= 15 is 0 Å². The molecule has 0 amide bonds. The minimum Gasteiger partial charge on any atom is -0.544 e. The van der Waals surface area contributed by atoms with Crippen molar-refractivity contribution in [3.63, 3.8) is 0 Å². The van der Waals surface area contributed by atoms with Gasteiger partial charge in [-0.25, -0.2) is 0 Å². The van der Waals surface area contributed by atoms with Gasteiger partial charge in [-0.2, -0.15) is 0 Å². The second-order valence-corrected chi connectivity index (χ2v) is 6.23. The summed E-state index contributed by atoms with van der Waals surface area (Å²) in [7, 11) is 0. The summed E-state index contributed by atoms with van der Waals surface area (Å²) in [5.41, 5.74) is 0. The number of aliphatic carboxylic acids is 1. The molecule has 0 aromatic rings. The van der Waals surface area contributed by atoms with Crippen molar-refractivity contribution >= 4 is 5.97 Å². The number of hydrogen-bond acceptors (Lipinski definition) is 3. The number of hydrogen-bond donors (Lipinski definition) is 1. The average molecular weight is 313 g/mol. The number of unbranched alkanes of at least 4 members (excludes halogenated alkanes) is 2. The summed E-state index contributed by atoms with van der Waals surface area (Å²) < 4.78 is 0.422. The van der Waals surface area contributed by atoms with Crippen LogP contribution in [0.5, 0.6) is 0 Å². The van der Waals surface area contributed by atoms with Gasteiger partial charge in [0.2, 0.25) is 0 Å². The number of aliphatic hydroxyl groups is 1. The molecule has 0 radical (unpaired) electrons. The lowest BCUT2D eigenvalue weighted by molar-refractivity contribution is -0.947. The van der Waals surface area contributed by atoms with E-state index in [0.29, 0.717) is 17.4 Å². The summed E-state index contributed by atoms with van der Waals surface area (Å²) in [6, 6.07) is -0.543. The minimum atomic E-state index is -0.994. The Balaban J connectivity index is 5.11. The van der Waals surface area contributed by atoms with Crippen LogP contribution in [0, 0.1) is 0 Å². The van der Waals surface area contributed by atoms with E-state index in [4.69, 9.17) is 0 Å². The Morgan fingerprint density at radius 1 is 1.14 bits per heavy atom. The zero-order chi connectivity index (χ0) is 17.0. The summed E-state index contributed by atoms with van der Waals surface area (Å²) in [6.07, 6.45) is 8.80. The largest absolute Gasteiger partial charge is 0.544 e. The number of allylic oxidation sites excluding steroid dienone is 1. The van der Waals surface area contributed by atoms with E-state index in [2.05, 4.69) is 20.8 Å². The fourth-order valence-electron chi connectivity index (χ4n) is 3.41. The van der Waals surface area contributed by atoms with Crippen LogP contribution < -0.4 is 5.11 Å². The molecule has 0 spiro atoms. The molecule has 1 N–H and O–H groups in total. The molecule has 0 aliphatic carbocycles. The van der Waals surface area contributed by atoms with E-state index in [9.17, 15) is 15.0 Å². The van der Waals surface area contributed by atoms with E-state index in [0.717, 1.165) is 45.2 Å². The Labute approximate surface area is 136 Å². The quantitative estimate of drug-likeness (QED) is 0.322. The van der Waals surface area contributed by atoms with Crippen LogP contribution in [0.2, 0.25) is 0 Å². The molecule has 4 heteroatoms. The standard InChI is InChI=1S/C18H35NO3/c1-5-9-10-11-12-16(20)15-19(13-6-2,14-7-3)17(8-4)18(21)22/h11-12,16-17,20H,5-10,13-15H2,1-4H3/b12-11+. The number of carboxylic acids is 1. The number of quaternary nitrogens is 1. The summed E-state index contributed by atoms with van der Waals surface area (Å²) >= 11 is 0. The van der Waals surface area contributed by atoms with Gasteiger partial charge in [-0.15, -0.1) is 0 Å². The topological polar surface area (TPSA) is 60.4 Å². The highest BCUT2D eigenvalue weighted by atomic mass is 16.4. The molecule has 0 saturated carbocycles. The molecule has 0 aromatic carbocycles. The number of carboxylic acid groups (broad SMARTS) is 1. The van der Waals surface area contributed by atoms with E-state index in [-0.39, 0.29) is 0 Å². The fourth-order valence-corrected chi connectivity index (χ4v) is 3.41. The predicted octanol–water partition coefficient (Wildman–Crippen LogP) is 2.26. The van der Waals surface area contributed by atoms with Crippen LogP contribution in [-0.2, 0) is 4.79 Å². The first-order valence-corrected chi connectivity index (χ1v) is 8.88. The maximum Gasteiger partial charge on any atom is 0.129 e. The highest BCUT2D eigenvalue weighted by Gasteiger charge is 2.36. The molecule has 0 aromatic heterocycles. The first-order valence-electron chi connectivity index (χ1n) is 8.88. The third-order valence-electron chi connectivity index (χ3n) is 4.29. The summed E-state index contributed by atoms with van der Waals surface area (Å²) in [5, 5.41) is 21.9. The zero-order valence-electron chi connectivity index (χ0n) is 14.9. The molecular weight excluding hydrogens is 278 g/mol. The highest BCUT2D eigenvalue weighted by molar-refractivity contribution is 5.69. The van der Waals surface area contributed by atoms with Gasteiger partial charge in [0.05, 0.1) is 19.1 Å². The number of carbonyl (C=O) groups excluding carboxylic acids is 1. The molecule has 0 rings (SSSR count). The van der Waals surface area contributed by atoms with Gasteiger partial charge >= 0.3 is 0 Å². The van der Waals surface area contributed by atoms with Gasteiger partial charge in [-0.3, -0.25) is 0 Å². The van der Waals surface area contributed by atoms with E-state index in [1.165, 1.54) is 0 Å². The van der Waals surface area contributed by atoms with Gasteiger partial charge in [0.1, 0.15) is 18.7 Å². The Hall–Kier alpha value is -0.870. The van der Waals surface area contributed by atoms with Crippen LogP contribution in [0.1, 0.15) is 66.2 Å². The van der Waals surface area contributed by atoms with Gasteiger partial charge in [-0.1, -0.05) is 52.7 Å². The molecule has 4 nitrogen and oxygen atoms in total. The molecule has 0 aliphatic rings. The number of nitrogens with zero attached hydrogens (tertiary/aromatic N) is 1. The lowest BCUT2D eigenvalue weighted by atomic mass is 10.1. The van der Waals surface area contributed by atoms with Gasteiger partial charge < -0.3 is 19.5 Å². The first-order chi connectivity index (χ1) is 10.5. The molecule has 0 bridgehead atoms. The maximum absolute atomic E-state index is 11.6. The van der Waals surface area contributed by atoms with E-state index in [1.807, 2.05) is 19.1 Å². The molecule has 2 unspecified atom stereocenters. The number of aliphatic hydroxyl groups excluding tert-OH is 1. The SMILES string of the molecule is CCCC/C=C/C(O)C[N+](CCC)(CCC)C(CC)C(=O)[O-]. The Morgan fingerprint density at radius 3 is 2.14 bits per heavy atom. The van der Waals surface area contributed by atoms with Crippen molar-refractivity contribution in [2.24, 2.45) is 0 Å². The zero-order valence-corrected chi connectivity index (χ0v) is 14.9. The molecule has 22 heavy (non-hydrogen) atoms. The lowest BCUT2D eigenvalue weighted by Crippen LogP contribution is -2.64. The van der Waals surface area contributed by atoms with Gasteiger partial charge in [0.15, 0.2) is 0 Å². The number of rotatable bonds is 13. The van der Waals surface area contributed by atoms with Crippen molar-refractivity contribution in [3.8, 4) is 0 Å². The van der Waals surface area contributed by atoms with Crippen molar-refractivity contribution < 1.29 is 19.5 Å². The summed E-state index contributed by atoms with van der Waals surface area (Å²) in [6.45, 7) is 10.1. The van der Waals surface area contributed by atoms with Crippen LogP contribution in [0.3, 0.4) is 0 Å². The van der Waals surface area contributed by atoms with Crippen molar-refractivity contribution in [1.29, 1.82) is 0 Å². The maximum atomic E-state index is 11.6. The van der Waals surface area contributed by atoms with Crippen LogP contribution >= 0.6 is 0 Å². The molecule has 0 heterocycles. The molecule has 130 valence electrons. The van der Waals surface area contributed by atoms with E-state index < -0.39 is 18.1 Å². The molecular formula is C18H35NO3. The molecule has 0 fully saturated rings. The van der Waals surface area contributed by atoms with E-state index in [1.54, 1.807) is 0 Å². The Bertz CT molecular complexity index is 322. The van der Waals surface area contributed by atoms with Crippen molar-refractivity contribution in [2.75, 3.05) is 19.6 Å². The highest BCUT2D eigenvalue weighted by Crippen LogP contribution is 2.20. The molecule has 2 atom stereocenters. The van der Waals surface area contributed by atoms with Crippen LogP contribution in [-0.4, -0.2) is 47.3 Å². The Morgan fingerprint density at radius 2 is 1.73 bits per heavy atom. The van der Waals surface area contributed by atoms with Crippen molar-refractivity contribution in [2.45, 2.75) is 78.4 Å².